The van der Waals surface area contributed by atoms with Crippen LogP contribution in [0.1, 0.15) is 29.2 Å². The van der Waals surface area contributed by atoms with Crippen LogP contribution in [0, 0.1) is 6.92 Å². The molecule has 32 heavy (non-hydrogen) atoms. The molecule has 0 atom stereocenters. The minimum Gasteiger partial charge on any atom is -0.490 e. The normalized spacial score (nSPS) is 14.3. The summed E-state index contributed by atoms with van der Waals surface area (Å²) >= 11 is 3.42. The molecular weight excluding hydrogens is 470 g/mol. The molecule has 0 unspecified atom stereocenters. The molecule has 1 aliphatic rings. The number of aryl methyl sites for hydroxylation is 1. The standard InChI is InChI=1S/C26H22BrNO4/c1-3-30-24-14-18(10-11-23(24)31-16-19-7-4-6-17(2)12-19)13-22-26(29)32-25(28-22)20-8-5-9-21(27)15-20/h4-15H,3,16H2,1-2H3/b22-13-. The van der Waals surface area contributed by atoms with E-state index < -0.39 is 5.97 Å². The zero-order valence-corrected chi connectivity index (χ0v) is 19.4. The molecule has 6 heteroatoms. The quantitative estimate of drug-likeness (QED) is 0.296. The first-order valence-electron chi connectivity index (χ1n) is 10.3. The lowest BCUT2D eigenvalue weighted by molar-refractivity contribution is -0.129. The summed E-state index contributed by atoms with van der Waals surface area (Å²) in [4.78, 5) is 16.7. The third kappa shape index (κ3) is 5.26. The number of carbonyl (C=O) groups is 1. The number of hydrogen-bond acceptors (Lipinski definition) is 5. The van der Waals surface area contributed by atoms with Crippen molar-refractivity contribution in [3.05, 3.63) is 99.2 Å². The van der Waals surface area contributed by atoms with Crippen LogP contribution in [0.2, 0.25) is 0 Å². The minimum atomic E-state index is -0.488. The largest absolute Gasteiger partial charge is 0.490 e. The van der Waals surface area contributed by atoms with Crippen LogP contribution in [0.15, 0.2) is 81.9 Å². The van der Waals surface area contributed by atoms with Crippen LogP contribution in [0.4, 0.5) is 0 Å². The van der Waals surface area contributed by atoms with Gasteiger partial charge in [0.25, 0.3) is 0 Å². The number of benzene rings is 3. The summed E-state index contributed by atoms with van der Waals surface area (Å²) in [5.41, 5.74) is 4.00. The SMILES string of the molecule is CCOc1cc(/C=C2\N=C(c3cccc(Br)c3)OC2=O)ccc1OCc1cccc(C)c1. The molecule has 0 N–H and O–H groups in total. The Morgan fingerprint density at radius 2 is 1.84 bits per heavy atom. The Hall–Kier alpha value is -3.38. The van der Waals surface area contributed by atoms with Crippen molar-refractivity contribution in [1.82, 2.24) is 0 Å². The zero-order valence-electron chi connectivity index (χ0n) is 17.8. The summed E-state index contributed by atoms with van der Waals surface area (Å²) in [6.07, 6.45) is 1.68. The summed E-state index contributed by atoms with van der Waals surface area (Å²) in [6, 6.07) is 21.2. The predicted octanol–water partition coefficient (Wildman–Crippen LogP) is 6.08. The van der Waals surface area contributed by atoms with Crippen LogP contribution in [0.25, 0.3) is 6.08 Å². The van der Waals surface area contributed by atoms with Gasteiger partial charge in [-0.25, -0.2) is 9.79 Å². The van der Waals surface area contributed by atoms with Crippen molar-refractivity contribution in [2.45, 2.75) is 20.5 Å². The molecule has 0 saturated heterocycles. The molecule has 0 radical (unpaired) electrons. The van der Waals surface area contributed by atoms with Crippen molar-refractivity contribution in [2.24, 2.45) is 4.99 Å². The number of carbonyl (C=O) groups excluding carboxylic acids is 1. The second kappa shape index (κ2) is 9.83. The molecule has 0 aliphatic carbocycles. The molecule has 0 aromatic heterocycles. The third-order valence-electron chi connectivity index (χ3n) is 4.74. The van der Waals surface area contributed by atoms with Gasteiger partial charge in [0.05, 0.1) is 6.61 Å². The fourth-order valence-electron chi connectivity index (χ4n) is 3.28. The second-order valence-electron chi connectivity index (χ2n) is 7.26. The van der Waals surface area contributed by atoms with Gasteiger partial charge in [0, 0.05) is 10.0 Å². The van der Waals surface area contributed by atoms with Crippen molar-refractivity contribution in [3.63, 3.8) is 0 Å². The topological polar surface area (TPSA) is 57.1 Å². The summed E-state index contributed by atoms with van der Waals surface area (Å²) in [5, 5.41) is 0. The Bertz CT molecular complexity index is 1220. The molecule has 4 rings (SSSR count). The molecule has 162 valence electrons. The number of halogens is 1. The van der Waals surface area contributed by atoms with E-state index in [-0.39, 0.29) is 11.6 Å². The molecule has 0 amide bonds. The summed E-state index contributed by atoms with van der Waals surface area (Å²) in [5.74, 6) is 1.04. The van der Waals surface area contributed by atoms with Gasteiger partial charge in [-0.15, -0.1) is 0 Å². The van der Waals surface area contributed by atoms with Crippen LogP contribution in [0.5, 0.6) is 11.5 Å². The van der Waals surface area contributed by atoms with E-state index in [4.69, 9.17) is 14.2 Å². The molecule has 1 heterocycles. The van der Waals surface area contributed by atoms with E-state index in [1.165, 1.54) is 5.56 Å². The molecule has 0 fully saturated rings. The van der Waals surface area contributed by atoms with E-state index in [1.54, 1.807) is 6.08 Å². The van der Waals surface area contributed by atoms with Crippen molar-refractivity contribution in [2.75, 3.05) is 6.61 Å². The van der Waals surface area contributed by atoms with Gasteiger partial charge in [-0.3, -0.25) is 0 Å². The van der Waals surface area contributed by atoms with E-state index in [9.17, 15) is 4.79 Å². The van der Waals surface area contributed by atoms with Crippen molar-refractivity contribution in [1.29, 1.82) is 0 Å². The monoisotopic (exact) mass is 491 g/mol. The maximum absolute atomic E-state index is 12.3. The van der Waals surface area contributed by atoms with Crippen molar-refractivity contribution >= 4 is 33.9 Å². The number of rotatable bonds is 7. The molecular formula is C26H22BrNO4. The highest BCUT2D eigenvalue weighted by atomic mass is 79.9. The first-order chi connectivity index (χ1) is 15.5. The predicted molar refractivity (Wildman–Crippen MR) is 128 cm³/mol. The maximum Gasteiger partial charge on any atom is 0.363 e. The molecule has 0 spiro atoms. The first kappa shape index (κ1) is 21.8. The molecule has 1 aliphatic heterocycles. The maximum atomic E-state index is 12.3. The fourth-order valence-corrected chi connectivity index (χ4v) is 3.68. The van der Waals surface area contributed by atoms with Gasteiger partial charge in [-0.2, -0.15) is 0 Å². The Morgan fingerprint density at radius 3 is 2.62 bits per heavy atom. The van der Waals surface area contributed by atoms with E-state index in [1.807, 2.05) is 61.5 Å². The molecule has 3 aromatic rings. The minimum absolute atomic E-state index is 0.232. The third-order valence-corrected chi connectivity index (χ3v) is 5.23. The highest BCUT2D eigenvalue weighted by molar-refractivity contribution is 9.10. The van der Waals surface area contributed by atoms with Gasteiger partial charge < -0.3 is 14.2 Å². The summed E-state index contributed by atoms with van der Waals surface area (Å²) in [7, 11) is 0. The van der Waals surface area contributed by atoms with Crippen LogP contribution >= 0.6 is 15.9 Å². The Balaban J connectivity index is 1.56. The molecule has 5 nitrogen and oxygen atoms in total. The summed E-state index contributed by atoms with van der Waals surface area (Å²) in [6.45, 7) is 4.90. The highest BCUT2D eigenvalue weighted by Crippen LogP contribution is 2.31. The number of esters is 1. The second-order valence-corrected chi connectivity index (χ2v) is 8.18. The smallest absolute Gasteiger partial charge is 0.363 e. The number of ether oxygens (including phenoxy) is 3. The van der Waals surface area contributed by atoms with Crippen LogP contribution < -0.4 is 9.47 Å². The highest BCUT2D eigenvalue weighted by Gasteiger charge is 2.24. The van der Waals surface area contributed by atoms with E-state index in [0.29, 0.717) is 24.7 Å². The number of aliphatic imine (C=N–C) groups is 1. The van der Waals surface area contributed by atoms with Gasteiger partial charge in [-0.1, -0.05) is 57.9 Å². The average molecular weight is 492 g/mol. The van der Waals surface area contributed by atoms with Crippen LogP contribution in [-0.2, 0) is 16.1 Å². The van der Waals surface area contributed by atoms with Gasteiger partial charge in [-0.05, 0) is 61.4 Å². The average Bonchev–Trinajstić information content (AvgIpc) is 3.14. The van der Waals surface area contributed by atoms with Crippen molar-refractivity contribution < 1.29 is 19.0 Å². The first-order valence-corrected chi connectivity index (χ1v) is 11.0. The Kier molecular flexibility index (Phi) is 6.71. The van der Waals surface area contributed by atoms with E-state index >= 15 is 0 Å². The molecule has 0 saturated carbocycles. The van der Waals surface area contributed by atoms with Gasteiger partial charge in [0.15, 0.2) is 17.2 Å². The lowest BCUT2D eigenvalue weighted by Gasteiger charge is -2.13. The lowest BCUT2D eigenvalue weighted by atomic mass is 10.1. The van der Waals surface area contributed by atoms with Gasteiger partial charge in [0.2, 0.25) is 5.90 Å². The number of nitrogens with zero attached hydrogens (tertiary/aromatic N) is 1. The molecule has 3 aromatic carbocycles. The Morgan fingerprint density at radius 1 is 1.00 bits per heavy atom. The zero-order chi connectivity index (χ0) is 22.5. The van der Waals surface area contributed by atoms with Crippen LogP contribution in [-0.4, -0.2) is 18.5 Å². The van der Waals surface area contributed by atoms with Crippen molar-refractivity contribution in [3.8, 4) is 11.5 Å². The van der Waals surface area contributed by atoms with Gasteiger partial charge in [0.1, 0.15) is 6.61 Å². The summed E-state index contributed by atoms with van der Waals surface area (Å²) < 4.78 is 18.0. The van der Waals surface area contributed by atoms with E-state index in [0.717, 1.165) is 21.2 Å². The number of cyclic esters (lactones) is 1. The van der Waals surface area contributed by atoms with Crippen LogP contribution in [0.3, 0.4) is 0 Å². The lowest BCUT2D eigenvalue weighted by Crippen LogP contribution is -2.05. The molecule has 0 bridgehead atoms. The Labute approximate surface area is 195 Å². The van der Waals surface area contributed by atoms with E-state index in [2.05, 4.69) is 40.0 Å². The van der Waals surface area contributed by atoms with Gasteiger partial charge >= 0.3 is 5.97 Å². The fraction of sp³-hybridized carbons (Fsp3) is 0.154. The number of hydrogen-bond donors (Lipinski definition) is 0.